The van der Waals surface area contributed by atoms with Gasteiger partial charge in [-0.05, 0) is 36.0 Å². The molecule has 1 aromatic carbocycles. The van der Waals surface area contributed by atoms with E-state index in [4.69, 9.17) is 0 Å². The lowest BCUT2D eigenvalue weighted by molar-refractivity contribution is 0.285. The van der Waals surface area contributed by atoms with Crippen molar-refractivity contribution in [3.05, 3.63) is 35.9 Å². The number of benzene rings is 1. The van der Waals surface area contributed by atoms with E-state index in [1.807, 2.05) is 0 Å². The fourth-order valence-electron chi connectivity index (χ4n) is 2.92. The van der Waals surface area contributed by atoms with E-state index >= 15 is 0 Å². The summed E-state index contributed by atoms with van der Waals surface area (Å²) in [4.78, 5) is 0. The monoisotopic (exact) mass is 220 g/mol. The number of hydrogen-bond acceptors (Lipinski definition) is 1. The molecular weight excluding hydrogens is 200 g/mol. The van der Waals surface area contributed by atoms with Crippen molar-refractivity contribution in [2.24, 2.45) is 0 Å². The van der Waals surface area contributed by atoms with Crippen molar-refractivity contribution in [2.75, 3.05) is 5.75 Å². The van der Waals surface area contributed by atoms with E-state index in [0.29, 0.717) is 5.41 Å². The molecule has 1 aliphatic carbocycles. The van der Waals surface area contributed by atoms with Crippen LogP contribution in [0.5, 0.6) is 0 Å². The Kier molecular flexibility index (Phi) is 3.74. The van der Waals surface area contributed by atoms with Crippen LogP contribution in [0.25, 0.3) is 0 Å². The van der Waals surface area contributed by atoms with Gasteiger partial charge in [-0.15, -0.1) is 0 Å². The van der Waals surface area contributed by atoms with Gasteiger partial charge in [-0.1, -0.05) is 49.6 Å². The first-order chi connectivity index (χ1) is 7.37. The molecule has 0 nitrogen and oxygen atoms in total. The van der Waals surface area contributed by atoms with Gasteiger partial charge in [0, 0.05) is 0 Å². The van der Waals surface area contributed by atoms with Crippen LogP contribution in [0.1, 0.15) is 44.1 Å². The van der Waals surface area contributed by atoms with Crippen LogP contribution >= 0.6 is 12.6 Å². The van der Waals surface area contributed by atoms with Crippen molar-refractivity contribution in [1.29, 1.82) is 0 Å². The summed E-state index contributed by atoms with van der Waals surface area (Å²) in [7, 11) is 0. The molecular formula is C14H20S. The second-order valence-electron chi connectivity index (χ2n) is 4.68. The zero-order chi connectivity index (χ0) is 10.6. The summed E-state index contributed by atoms with van der Waals surface area (Å²) < 4.78 is 0. The van der Waals surface area contributed by atoms with Crippen LogP contribution in [0.15, 0.2) is 30.3 Å². The van der Waals surface area contributed by atoms with Crippen LogP contribution in [-0.4, -0.2) is 5.75 Å². The second-order valence-corrected chi connectivity index (χ2v) is 5.13. The molecule has 0 heterocycles. The minimum atomic E-state index is 0.446. The first kappa shape index (κ1) is 11.1. The molecule has 2 rings (SSSR count). The van der Waals surface area contributed by atoms with Gasteiger partial charge in [0.1, 0.15) is 0 Å². The Hall–Kier alpha value is -0.430. The molecule has 0 aromatic heterocycles. The molecule has 0 bridgehead atoms. The molecule has 0 amide bonds. The maximum absolute atomic E-state index is 4.44. The van der Waals surface area contributed by atoms with Gasteiger partial charge in [0.25, 0.3) is 0 Å². The van der Waals surface area contributed by atoms with Gasteiger partial charge in [-0.2, -0.15) is 12.6 Å². The lowest BCUT2D eigenvalue weighted by atomic mass is 9.68. The summed E-state index contributed by atoms with van der Waals surface area (Å²) in [6.07, 6.45) is 8.15. The zero-order valence-electron chi connectivity index (χ0n) is 9.28. The Labute approximate surface area is 98.5 Å². The van der Waals surface area contributed by atoms with Crippen LogP contribution in [0, 0.1) is 0 Å². The van der Waals surface area contributed by atoms with Crippen molar-refractivity contribution in [1.82, 2.24) is 0 Å². The summed E-state index contributed by atoms with van der Waals surface area (Å²) in [6.45, 7) is 0. The number of hydrogen-bond donors (Lipinski definition) is 1. The molecule has 1 saturated carbocycles. The van der Waals surface area contributed by atoms with Crippen LogP contribution in [0.4, 0.5) is 0 Å². The Morgan fingerprint density at radius 1 is 1.00 bits per heavy atom. The molecule has 15 heavy (non-hydrogen) atoms. The third-order valence-electron chi connectivity index (χ3n) is 3.79. The first-order valence-corrected chi connectivity index (χ1v) is 6.67. The highest BCUT2D eigenvalue weighted by Gasteiger charge is 2.32. The largest absolute Gasteiger partial charge is 0.179 e. The molecule has 1 heteroatoms. The first-order valence-electron chi connectivity index (χ1n) is 6.04. The molecule has 0 N–H and O–H groups in total. The Balaban J connectivity index is 2.25. The number of thiol groups is 1. The van der Waals surface area contributed by atoms with Crippen LogP contribution < -0.4 is 0 Å². The third-order valence-corrected chi connectivity index (χ3v) is 4.01. The quantitative estimate of drug-likeness (QED) is 0.725. The van der Waals surface area contributed by atoms with Crippen molar-refractivity contribution in [2.45, 2.75) is 43.9 Å². The zero-order valence-corrected chi connectivity index (χ0v) is 10.2. The topological polar surface area (TPSA) is 0 Å². The SMILES string of the molecule is SCCC1(c2ccccc2)CCCCC1. The van der Waals surface area contributed by atoms with E-state index in [1.54, 1.807) is 5.56 Å². The predicted octanol–water partition coefficient (Wildman–Crippen LogP) is 4.21. The lowest BCUT2D eigenvalue weighted by Crippen LogP contribution is -2.29. The van der Waals surface area contributed by atoms with E-state index < -0.39 is 0 Å². The average Bonchev–Trinajstić information content (AvgIpc) is 2.32. The normalized spacial score (nSPS) is 20.1. The maximum atomic E-state index is 4.44. The smallest absolute Gasteiger partial charge is 0.00392 e. The molecule has 1 aromatic rings. The summed E-state index contributed by atoms with van der Waals surface area (Å²) in [5.74, 6) is 1.01. The van der Waals surface area contributed by atoms with Gasteiger partial charge < -0.3 is 0 Å². The van der Waals surface area contributed by atoms with Crippen molar-refractivity contribution in [3.8, 4) is 0 Å². The van der Waals surface area contributed by atoms with E-state index in [2.05, 4.69) is 43.0 Å². The molecule has 0 unspecified atom stereocenters. The van der Waals surface area contributed by atoms with Gasteiger partial charge >= 0.3 is 0 Å². The molecule has 0 atom stereocenters. The molecule has 82 valence electrons. The molecule has 1 fully saturated rings. The van der Waals surface area contributed by atoms with Crippen LogP contribution in [0.2, 0.25) is 0 Å². The summed E-state index contributed by atoms with van der Waals surface area (Å²) in [5, 5.41) is 0. The van der Waals surface area contributed by atoms with E-state index in [1.165, 1.54) is 38.5 Å². The summed E-state index contributed by atoms with van der Waals surface area (Å²) >= 11 is 4.44. The maximum Gasteiger partial charge on any atom is -0.00392 e. The van der Waals surface area contributed by atoms with Crippen molar-refractivity contribution >= 4 is 12.6 Å². The standard InChI is InChI=1S/C14H20S/c15-12-11-14(9-5-2-6-10-14)13-7-3-1-4-8-13/h1,3-4,7-8,15H,2,5-6,9-12H2. The Morgan fingerprint density at radius 3 is 2.27 bits per heavy atom. The molecule has 0 spiro atoms. The van der Waals surface area contributed by atoms with Gasteiger partial charge in [-0.3, -0.25) is 0 Å². The molecule has 0 saturated heterocycles. The van der Waals surface area contributed by atoms with Crippen LogP contribution in [-0.2, 0) is 5.41 Å². The van der Waals surface area contributed by atoms with Crippen molar-refractivity contribution < 1.29 is 0 Å². The summed E-state index contributed by atoms with van der Waals surface area (Å²) in [6, 6.07) is 11.1. The van der Waals surface area contributed by atoms with Gasteiger partial charge in [0.05, 0.1) is 0 Å². The lowest BCUT2D eigenvalue weighted by Gasteiger charge is -2.37. The fraction of sp³-hybridized carbons (Fsp3) is 0.571. The van der Waals surface area contributed by atoms with Gasteiger partial charge in [-0.25, -0.2) is 0 Å². The Morgan fingerprint density at radius 2 is 1.67 bits per heavy atom. The van der Waals surface area contributed by atoms with E-state index in [-0.39, 0.29) is 0 Å². The third kappa shape index (κ3) is 2.39. The molecule has 1 aliphatic rings. The number of rotatable bonds is 3. The van der Waals surface area contributed by atoms with Crippen molar-refractivity contribution in [3.63, 3.8) is 0 Å². The molecule has 0 radical (unpaired) electrons. The highest BCUT2D eigenvalue weighted by molar-refractivity contribution is 7.80. The summed E-state index contributed by atoms with van der Waals surface area (Å²) in [5.41, 5.74) is 1.99. The minimum Gasteiger partial charge on any atom is -0.179 e. The minimum absolute atomic E-state index is 0.446. The van der Waals surface area contributed by atoms with Crippen LogP contribution in [0.3, 0.4) is 0 Å². The highest BCUT2D eigenvalue weighted by atomic mass is 32.1. The van der Waals surface area contributed by atoms with Gasteiger partial charge in [0.15, 0.2) is 0 Å². The highest BCUT2D eigenvalue weighted by Crippen LogP contribution is 2.42. The fourth-order valence-corrected chi connectivity index (χ4v) is 3.35. The van der Waals surface area contributed by atoms with E-state index in [9.17, 15) is 0 Å². The predicted molar refractivity (Wildman–Crippen MR) is 69.7 cm³/mol. The Bertz CT molecular complexity index is 280. The van der Waals surface area contributed by atoms with Gasteiger partial charge in [0.2, 0.25) is 0 Å². The molecule has 0 aliphatic heterocycles. The average molecular weight is 220 g/mol. The van der Waals surface area contributed by atoms with E-state index in [0.717, 1.165) is 5.75 Å². The second kappa shape index (κ2) is 5.07.